The monoisotopic (exact) mass is 350 g/mol. The van der Waals surface area contributed by atoms with Crippen LogP contribution in [-0.4, -0.2) is 29.3 Å². The number of amides is 3. The quantitative estimate of drug-likeness (QED) is 0.621. The Bertz CT molecular complexity index is 825. The van der Waals surface area contributed by atoms with E-state index in [2.05, 4.69) is 12.2 Å². The van der Waals surface area contributed by atoms with Crippen LogP contribution in [0.2, 0.25) is 0 Å². The molecule has 1 aromatic rings. The first kappa shape index (κ1) is 15.8. The number of anilines is 1. The second-order valence-electron chi connectivity index (χ2n) is 8.13. The zero-order valence-corrected chi connectivity index (χ0v) is 15.0. The van der Waals surface area contributed by atoms with Crippen molar-refractivity contribution in [2.45, 2.75) is 20.3 Å². The topological polar surface area (TPSA) is 57.7 Å². The van der Waals surface area contributed by atoms with E-state index in [1.807, 2.05) is 31.2 Å². The summed E-state index contributed by atoms with van der Waals surface area (Å²) in [6.07, 6.45) is 5.48. The number of allylic oxidation sites excluding steroid dienone is 2. The second-order valence-corrected chi connectivity index (χ2v) is 8.13. The molecule has 6 rings (SSSR count). The van der Waals surface area contributed by atoms with E-state index in [1.54, 1.807) is 4.90 Å². The Labute approximate surface area is 152 Å². The van der Waals surface area contributed by atoms with Gasteiger partial charge in [0.25, 0.3) is 0 Å². The molecule has 5 nitrogen and oxygen atoms in total. The van der Waals surface area contributed by atoms with Crippen molar-refractivity contribution in [3.63, 3.8) is 0 Å². The number of carbonyl (C=O) groups is 3. The minimum Gasteiger partial charge on any atom is -0.294 e. The van der Waals surface area contributed by atoms with Crippen LogP contribution in [0.15, 0.2) is 36.4 Å². The number of para-hydroxylation sites is 1. The Hall–Kier alpha value is -2.43. The van der Waals surface area contributed by atoms with Gasteiger partial charge in [0.15, 0.2) is 0 Å². The van der Waals surface area contributed by atoms with Crippen LogP contribution in [0.5, 0.6) is 0 Å². The van der Waals surface area contributed by atoms with Crippen molar-refractivity contribution >= 4 is 23.4 Å². The summed E-state index contributed by atoms with van der Waals surface area (Å²) in [7, 11) is 0. The Morgan fingerprint density at radius 2 is 1.65 bits per heavy atom. The predicted octanol–water partition coefficient (Wildman–Crippen LogP) is 2.36. The number of nitrogens with zero attached hydrogens (tertiary/aromatic N) is 2. The lowest BCUT2D eigenvalue weighted by atomic mass is 9.63. The molecule has 5 heteroatoms. The van der Waals surface area contributed by atoms with Crippen LogP contribution < -0.4 is 4.90 Å². The molecule has 4 aliphatic carbocycles. The van der Waals surface area contributed by atoms with Gasteiger partial charge < -0.3 is 0 Å². The van der Waals surface area contributed by atoms with Crippen molar-refractivity contribution in [3.8, 4) is 0 Å². The summed E-state index contributed by atoms with van der Waals surface area (Å²) in [5.41, 5.74) is 1.70. The molecular weight excluding hydrogens is 328 g/mol. The Kier molecular flexibility index (Phi) is 3.21. The molecule has 26 heavy (non-hydrogen) atoms. The molecule has 2 bridgehead atoms. The zero-order chi connectivity index (χ0) is 18.2. The van der Waals surface area contributed by atoms with Gasteiger partial charge in [0.1, 0.15) is 6.67 Å². The minimum atomic E-state index is -0.216. The van der Waals surface area contributed by atoms with Crippen molar-refractivity contribution in [1.29, 1.82) is 0 Å². The van der Waals surface area contributed by atoms with Crippen LogP contribution in [0.25, 0.3) is 0 Å². The lowest BCUT2D eigenvalue weighted by Crippen LogP contribution is -2.44. The zero-order valence-electron chi connectivity index (χ0n) is 15.0. The highest BCUT2D eigenvalue weighted by molar-refractivity contribution is 6.07. The van der Waals surface area contributed by atoms with Crippen LogP contribution >= 0.6 is 0 Å². The molecule has 0 unspecified atom stereocenters. The molecule has 0 radical (unpaired) electrons. The van der Waals surface area contributed by atoms with E-state index in [9.17, 15) is 14.4 Å². The first-order chi connectivity index (χ1) is 12.5. The third-order valence-electron chi connectivity index (χ3n) is 6.82. The molecule has 0 spiro atoms. The summed E-state index contributed by atoms with van der Waals surface area (Å²) in [5, 5.41) is 0. The van der Waals surface area contributed by atoms with Gasteiger partial charge in [-0.2, -0.15) is 0 Å². The van der Waals surface area contributed by atoms with Gasteiger partial charge >= 0.3 is 0 Å². The van der Waals surface area contributed by atoms with Gasteiger partial charge in [-0.05, 0) is 48.6 Å². The van der Waals surface area contributed by atoms with E-state index in [0.29, 0.717) is 11.8 Å². The van der Waals surface area contributed by atoms with E-state index in [4.69, 9.17) is 0 Å². The standard InChI is InChI=1S/C21H22N2O3/c1-11-5-3-4-6-17(11)22(12(2)24)10-23-20(25)18-13-7-8-14(16-9-15(13)16)19(18)21(23)26/h3-8,13-16,18-19H,9-10H2,1-2H3/t13-,14-,15-,16+,18+,19+/m1/s1. The predicted molar refractivity (Wildman–Crippen MR) is 95.8 cm³/mol. The van der Waals surface area contributed by atoms with Crippen molar-refractivity contribution in [2.75, 3.05) is 11.6 Å². The molecular formula is C21H22N2O3. The molecule has 1 heterocycles. The lowest BCUT2D eigenvalue weighted by Gasteiger charge is -2.37. The molecule has 5 aliphatic rings. The summed E-state index contributed by atoms with van der Waals surface area (Å²) in [4.78, 5) is 41.4. The Morgan fingerprint density at radius 3 is 2.19 bits per heavy atom. The summed E-state index contributed by atoms with van der Waals surface area (Å²) < 4.78 is 0. The first-order valence-electron chi connectivity index (χ1n) is 9.36. The highest BCUT2D eigenvalue weighted by Gasteiger charge is 2.67. The van der Waals surface area contributed by atoms with Gasteiger partial charge in [-0.25, -0.2) is 0 Å². The number of rotatable bonds is 3. The molecule has 1 saturated heterocycles. The van der Waals surface area contributed by atoms with Crippen molar-refractivity contribution in [3.05, 3.63) is 42.0 Å². The number of carbonyl (C=O) groups excluding carboxylic acids is 3. The highest BCUT2D eigenvalue weighted by atomic mass is 16.2. The summed E-state index contributed by atoms with van der Waals surface area (Å²) >= 11 is 0. The fourth-order valence-electron chi connectivity index (χ4n) is 5.51. The van der Waals surface area contributed by atoms with Crippen LogP contribution in [0.3, 0.4) is 0 Å². The Balaban J connectivity index is 1.46. The van der Waals surface area contributed by atoms with Gasteiger partial charge in [0, 0.05) is 12.6 Å². The van der Waals surface area contributed by atoms with Gasteiger partial charge in [-0.1, -0.05) is 30.4 Å². The average Bonchev–Trinajstić information content (AvgIpc) is 3.40. The van der Waals surface area contributed by atoms with Crippen LogP contribution in [0.1, 0.15) is 18.9 Å². The summed E-state index contributed by atoms with van der Waals surface area (Å²) in [6.45, 7) is 3.42. The van der Waals surface area contributed by atoms with E-state index in [-0.39, 0.29) is 48.1 Å². The molecule has 0 aromatic heterocycles. The summed E-state index contributed by atoms with van der Waals surface area (Å²) in [6, 6.07) is 7.56. The number of likely N-dealkylation sites (tertiary alicyclic amines) is 1. The molecule has 1 aromatic carbocycles. The van der Waals surface area contributed by atoms with Gasteiger partial charge in [-0.15, -0.1) is 0 Å². The Morgan fingerprint density at radius 1 is 1.08 bits per heavy atom. The minimum absolute atomic E-state index is 0.0135. The molecule has 1 aliphatic heterocycles. The number of aryl methyl sites for hydroxylation is 1. The van der Waals surface area contributed by atoms with E-state index in [0.717, 1.165) is 17.7 Å². The largest absolute Gasteiger partial charge is 0.294 e. The molecule has 0 N–H and O–H groups in total. The summed E-state index contributed by atoms with van der Waals surface area (Å²) in [5.74, 6) is 0.805. The number of hydrogen-bond acceptors (Lipinski definition) is 3. The third kappa shape index (κ3) is 2.00. The third-order valence-corrected chi connectivity index (χ3v) is 6.82. The van der Waals surface area contributed by atoms with E-state index < -0.39 is 0 Å². The smallest absolute Gasteiger partial charge is 0.235 e. The number of hydrogen-bond donors (Lipinski definition) is 0. The first-order valence-corrected chi connectivity index (χ1v) is 9.36. The van der Waals surface area contributed by atoms with E-state index in [1.165, 1.54) is 11.8 Å². The highest BCUT2D eigenvalue weighted by Crippen LogP contribution is 2.65. The molecule has 2 saturated carbocycles. The number of benzene rings is 1. The number of imide groups is 1. The van der Waals surface area contributed by atoms with Gasteiger partial charge in [0.05, 0.1) is 11.8 Å². The maximum absolute atomic E-state index is 13.1. The maximum Gasteiger partial charge on any atom is 0.235 e. The lowest BCUT2D eigenvalue weighted by molar-refractivity contribution is -0.140. The average molecular weight is 350 g/mol. The van der Waals surface area contributed by atoms with Crippen molar-refractivity contribution < 1.29 is 14.4 Å². The van der Waals surface area contributed by atoms with Gasteiger partial charge in [-0.3, -0.25) is 24.2 Å². The fourth-order valence-corrected chi connectivity index (χ4v) is 5.51. The van der Waals surface area contributed by atoms with E-state index >= 15 is 0 Å². The van der Waals surface area contributed by atoms with Crippen LogP contribution in [0.4, 0.5) is 5.69 Å². The molecule has 134 valence electrons. The van der Waals surface area contributed by atoms with Gasteiger partial charge in [0.2, 0.25) is 17.7 Å². The van der Waals surface area contributed by atoms with Crippen LogP contribution in [-0.2, 0) is 14.4 Å². The molecule has 3 fully saturated rings. The SMILES string of the molecule is CC(=O)N(CN1C(=O)[C@H]2[C@@H]3C=C[C@H]([C@@H]4C[C@H]34)[C@@H]2C1=O)c1ccccc1C. The van der Waals surface area contributed by atoms with Crippen molar-refractivity contribution in [1.82, 2.24) is 4.90 Å². The second kappa shape index (κ2) is 5.29. The maximum atomic E-state index is 13.1. The van der Waals surface area contributed by atoms with Crippen molar-refractivity contribution in [2.24, 2.45) is 35.5 Å². The fraction of sp³-hybridized carbons (Fsp3) is 0.476. The van der Waals surface area contributed by atoms with Crippen LogP contribution in [0, 0.1) is 42.4 Å². The normalized spacial score (nSPS) is 36.2. The molecule has 3 amide bonds. The molecule has 6 atom stereocenters.